The first-order valence-corrected chi connectivity index (χ1v) is 21.5. The molecule has 328 valence electrons. The van der Waals surface area contributed by atoms with Crippen LogP contribution in [0.2, 0.25) is 10.0 Å². The quantitative estimate of drug-likeness (QED) is 0.122. The molecule has 0 spiro atoms. The molecule has 1 saturated heterocycles. The number of carboxylic acids is 1. The number of aliphatic carboxylic acids is 1. The van der Waals surface area contributed by atoms with E-state index in [1.807, 2.05) is 62.9 Å². The van der Waals surface area contributed by atoms with Crippen molar-refractivity contribution in [2.45, 2.75) is 91.3 Å². The number of hydrogen-bond donors (Lipinski definition) is 2. The number of aromatic nitrogens is 3. The summed E-state index contributed by atoms with van der Waals surface area (Å²) in [6, 6.07) is 17.9. The maximum atomic E-state index is 13.7. The van der Waals surface area contributed by atoms with Crippen molar-refractivity contribution < 1.29 is 33.7 Å². The molecule has 1 fully saturated rings. The van der Waals surface area contributed by atoms with Gasteiger partial charge >= 0.3 is 12.1 Å². The number of benzene rings is 3. The van der Waals surface area contributed by atoms with E-state index in [-0.39, 0.29) is 25.6 Å². The van der Waals surface area contributed by atoms with Gasteiger partial charge in [0, 0.05) is 67.4 Å². The Bertz CT molecular complexity index is 2600. The number of likely N-dealkylation sites (tertiary alicyclic amines) is 1. The average Bonchev–Trinajstić information content (AvgIpc) is 3.59. The number of hydrogen-bond acceptors (Lipinski definition) is 10. The first kappa shape index (κ1) is 44.9. The maximum absolute atomic E-state index is 13.7. The molecule has 2 aliphatic rings. The highest BCUT2D eigenvalue weighted by atomic mass is 35.5. The van der Waals surface area contributed by atoms with Crippen molar-refractivity contribution in [2.24, 2.45) is 7.05 Å². The smallest absolute Gasteiger partial charge is 0.410 e. The molecule has 4 heterocycles. The first-order valence-electron chi connectivity index (χ1n) is 20.7. The summed E-state index contributed by atoms with van der Waals surface area (Å²) >= 11 is 13.9. The second-order valence-electron chi connectivity index (χ2n) is 16.7. The molecule has 7 rings (SSSR count). The van der Waals surface area contributed by atoms with Crippen molar-refractivity contribution >= 4 is 46.9 Å². The minimum Gasteiger partial charge on any atom is -0.488 e. The molecule has 0 aliphatic carbocycles. The third-order valence-corrected chi connectivity index (χ3v) is 11.9. The van der Waals surface area contributed by atoms with E-state index in [0.717, 1.165) is 35.2 Å². The monoisotopic (exact) mass is 893 g/mol. The van der Waals surface area contributed by atoms with Gasteiger partial charge in [-0.1, -0.05) is 60.0 Å². The van der Waals surface area contributed by atoms with Gasteiger partial charge in [0.25, 0.3) is 5.91 Å². The normalized spacial score (nSPS) is 15.3. The molecular formula is C47H49Cl2N7O7. The molecule has 1 atom stereocenters. The highest BCUT2D eigenvalue weighted by Crippen LogP contribution is 2.39. The van der Waals surface area contributed by atoms with E-state index in [1.54, 1.807) is 47.0 Å². The summed E-state index contributed by atoms with van der Waals surface area (Å²) in [6.07, 6.45) is 5.49. The zero-order valence-corrected chi connectivity index (χ0v) is 37.3. The lowest BCUT2D eigenvalue weighted by atomic mass is 9.96. The number of piperidine rings is 1. The van der Waals surface area contributed by atoms with Gasteiger partial charge in [-0.05, 0) is 82.0 Å². The number of ether oxygens (including phenoxy) is 3. The number of fused-ring (bicyclic) bond motifs is 1. The standard InChI is InChI=1S/C47H49Cl2N7O7/c1-28-31(27-62-41-20-40(61-26-30-18-29(21-50)22-51-23-30)32(19-35(41)48)24-55-16-7-6-14-39(55)45(58)59)10-8-11-33(28)34-12-9-13-36(42(34)49)53-44(57)43-52-37-25-56(17-15-38(37)54(43)5)46(60)63-47(2,3)4/h8-13,18-20,22-23,39H,6-7,14-17,24-27H2,1-5H3,(H,53,57)(H,58,59)/t39-/m0/s1. The number of halogens is 2. The van der Waals surface area contributed by atoms with Crippen molar-refractivity contribution in [3.63, 3.8) is 0 Å². The number of nitrogens with zero attached hydrogens (tertiary/aromatic N) is 6. The van der Waals surface area contributed by atoms with Gasteiger partial charge in [0.15, 0.2) is 5.82 Å². The zero-order chi connectivity index (χ0) is 45.0. The number of rotatable bonds is 12. The Morgan fingerprint density at radius 3 is 2.49 bits per heavy atom. The third-order valence-electron chi connectivity index (χ3n) is 11.2. The van der Waals surface area contributed by atoms with E-state index in [9.17, 15) is 24.8 Å². The van der Waals surface area contributed by atoms with E-state index in [0.29, 0.717) is 87.7 Å². The highest BCUT2D eigenvalue weighted by Gasteiger charge is 2.32. The second-order valence-corrected chi connectivity index (χ2v) is 17.5. The molecule has 14 nitrogen and oxygen atoms in total. The van der Waals surface area contributed by atoms with Crippen molar-refractivity contribution in [1.29, 1.82) is 5.26 Å². The fourth-order valence-corrected chi connectivity index (χ4v) is 8.44. The lowest BCUT2D eigenvalue weighted by molar-refractivity contribution is -0.144. The van der Waals surface area contributed by atoms with Gasteiger partial charge < -0.3 is 34.1 Å². The van der Waals surface area contributed by atoms with Crippen molar-refractivity contribution in [3.8, 4) is 28.7 Å². The van der Waals surface area contributed by atoms with Crippen LogP contribution in [-0.2, 0) is 49.3 Å². The summed E-state index contributed by atoms with van der Waals surface area (Å²) in [5.41, 5.74) is 6.39. The number of nitrogens with one attached hydrogen (secondary N) is 1. The van der Waals surface area contributed by atoms with Gasteiger partial charge in [0.05, 0.1) is 33.5 Å². The van der Waals surface area contributed by atoms with Crippen molar-refractivity contribution in [1.82, 2.24) is 24.3 Å². The Kier molecular flexibility index (Phi) is 13.6. The topological polar surface area (TPSA) is 172 Å². The van der Waals surface area contributed by atoms with E-state index in [2.05, 4.69) is 21.4 Å². The molecule has 16 heteroatoms. The molecule has 0 unspecified atom stereocenters. The third kappa shape index (κ3) is 10.4. The molecule has 0 radical (unpaired) electrons. The van der Waals surface area contributed by atoms with Crippen LogP contribution in [0.15, 0.2) is 67.0 Å². The lowest BCUT2D eigenvalue weighted by Gasteiger charge is -2.33. The molecular weight excluding hydrogens is 845 g/mol. The van der Waals surface area contributed by atoms with Crippen LogP contribution in [0, 0.1) is 18.3 Å². The minimum absolute atomic E-state index is 0.110. The predicted octanol–water partition coefficient (Wildman–Crippen LogP) is 9.11. The maximum Gasteiger partial charge on any atom is 0.410 e. The van der Waals surface area contributed by atoms with Gasteiger partial charge in [-0.15, -0.1) is 0 Å². The molecule has 2 aromatic heterocycles. The van der Waals surface area contributed by atoms with E-state index in [1.165, 1.54) is 6.20 Å². The van der Waals surface area contributed by atoms with E-state index < -0.39 is 29.6 Å². The van der Waals surface area contributed by atoms with Crippen LogP contribution in [0.4, 0.5) is 10.5 Å². The van der Waals surface area contributed by atoms with Crippen LogP contribution in [0.1, 0.15) is 89.9 Å². The average molecular weight is 895 g/mol. The van der Waals surface area contributed by atoms with Gasteiger partial charge in [-0.2, -0.15) is 5.26 Å². The van der Waals surface area contributed by atoms with E-state index >= 15 is 0 Å². The largest absolute Gasteiger partial charge is 0.488 e. The number of carbonyl (C=O) groups excluding carboxylic acids is 2. The molecule has 2 N–H and O–H groups in total. The zero-order valence-electron chi connectivity index (χ0n) is 35.8. The predicted molar refractivity (Wildman–Crippen MR) is 238 cm³/mol. The van der Waals surface area contributed by atoms with E-state index in [4.69, 9.17) is 37.4 Å². The summed E-state index contributed by atoms with van der Waals surface area (Å²) in [7, 11) is 1.79. The second kappa shape index (κ2) is 19.1. The van der Waals surface area contributed by atoms with Crippen LogP contribution in [0.3, 0.4) is 0 Å². The molecule has 63 heavy (non-hydrogen) atoms. The van der Waals surface area contributed by atoms with Gasteiger partial charge in [0.1, 0.15) is 42.4 Å². The highest BCUT2D eigenvalue weighted by molar-refractivity contribution is 6.36. The SMILES string of the molecule is Cc1c(COc2cc(OCc3cncc(C#N)c3)c(CN3CCCC[C@H]3C(=O)O)cc2Cl)cccc1-c1cccc(NC(=O)c2nc3c(n2C)CCN(C(=O)OC(C)(C)C)C3)c1Cl. The van der Waals surface area contributed by atoms with Crippen LogP contribution < -0.4 is 14.8 Å². The summed E-state index contributed by atoms with van der Waals surface area (Å²) < 4.78 is 20.0. The van der Waals surface area contributed by atoms with Gasteiger partial charge in [-0.3, -0.25) is 19.5 Å². The Balaban J connectivity index is 1.09. The van der Waals surface area contributed by atoms with Crippen LogP contribution in [0.25, 0.3) is 11.1 Å². The first-order chi connectivity index (χ1) is 30.1. The molecule has 2 amide bonds. The minimum atomic E-state index is -0.865. The van der Waals surface area contributed by atoms with Crippen LogP contribution in [-0.4, -0.2) is 72.1 Å². The number of pyridine rings is 1. The summed E-state index contributed by atoms with van der Waals surface area (Å²) in [6.45, 7) is 9.29. The number of carbonyl (C=O) groups is 3. The molecule has 5 aromatic rings. The summed E-state index contributed by atoms with van der Waals surface area (Å²) in [4.78, 5) is 50.9. The number of carboxylic acid groups (broad SMARTS) is 1. The molecule has 0 saturated carbocycles. The van der Waals surface area contributed by atoms with Crippen molar-refractivity contribution in [2.75, 3.05) is 18.4 Å². The molecule has 2 aliphatic heterocycles. The Hall–Kier alpha value is -6.14. The Labute approximate surface area is 376 Å². The Morgan fingerprint density at radius 2 is 1.73 bits per heavy atom. The van der Waals surface area contributed by atoms with Crippen LogP contribution in [0.5, 0.6) is 11.5 Å². The lowest BCUT2D eigenvalue weighted by Crippen LogP contribution is -2.44. The van der Waals surface area contributed by atoms with Gasteiger partial charge in [0.2, 0.25) is 0 Å². The Morgan fingerprint density at radius 1 is 0.968 bits per heavy atom. The number of nitriles is 1. The van der Waals surface area contributed by atoms with Crippen molar-refractivity contribution in [3.05, 3.63) is 122 Å². The van der Waals surface area contributed by atoms with Gasteiger partial charge in [-0.25, -0.2) is 9.78 Å². The summed E-state index contributed by atoms with van der Waals surface area (Å²) in [5, 5.41) is 23.0. The fourth-order valence-electron chi connectivity index (χ4n) is 7.93. The number of imidazole rings is 1. The number of amides is 2. The van der Waals surface area contributed by atoms with Crippen LogP contribution >= 0.6 is 23.2 Å². The fraction of sp³-hybridized carbons (Fsp3) is 0.362. The number of anilines is 1. The molecule has 0 bridgehead atoms. The summed E-state index contributed by atoms with van der Waals surface area (Å²) in [5.74, 6) is -0.268. The molecule has 3 aromatic carbocycles.